The van der Waals surface area contributed by atoms with Gasteiger partial charge in [-0.2, -0.15) is 0 Å². The van der Waals surface area contributed by atoms with Crippen molar-refractivity contribution in [2.45, 2.75) is 0 Å². The Labute approximate surface area is 132 Å². The van der Waals surface area contributed by atoms with Gasteiger partial charge in [0.15, 0.2) is 6.10 Å². The van der Waals surface area contributed by atoms with Gasteiger partial charge in [0.1, 0.15) is 5.75 Å². The standard InChI is InChI=1S/C11H8ClO.C5H5.Fe/c12-9-5-7-11(8-6-9)13-10-3-1-2-4-10;1-2-4-5-3-1;/h1-8H;1-5H;/q;;+2. The van der Waals surface area contributed by atoms with Crippen LogP contribution in [-0.2, 0) is 17.1 Å². The molecule has 0 aromatic heterocycles. The molecule has 0 bridgehead atoms. The Morgan fingerprint density at radius 2 is 1.16 bits per heavy atom. The Balaban J connectivity index is 0.000000256. The van der Waals surface area contributed by atoms with Crippen LogP contribution in [0.1, 0.15) is 0 Å². The molecule has 0 atom stereocenters. The van der Waals surface area contributed by atoms with Crippen molar-refractivity contribution < 1.29 is 21.8 Å². The molecular weight excluding hydrogens is 299 g/mol. The summed E-state index contributed by atoms with van der Waals surface area (Å²) in [6.45, 7) is 0. The topological polar surface area (TPSA) is 9.23 Å². The molecule has 0 heterocycles. The van der Waals surface area contributed by atoms with E-state index in [1.54, 1.807) is 12.1 Å². The molecule has 0 unspecified atom stereocenters. The SMILES string of the molecule is Clc1ccc(O[C]2[CH][CH][CH][CH]2)cc1.[CH]1[CH][CH][CH][CH]1.[Fe+2]. The maximum absolute atomic E-state index is 5.74. The molecule has 2 saturated carbocycles. The predicted molar refractivity (Wildman–Crippen MR) is 74.0 cm³/mol. The molecule has 2 aliphatic carbocycles. The van der Waals surface area contributed by atoms with Crippen LogP contribution < -0.4 is 4.74 Å². The summed E-state index contributed by atoms with van der Waals surface area (Å²) in [7, 11) is 0. The Morgan fingerprint density at radius 1 is 0.684 bits per heavy atom. The van der Waals surface area contributed by atoms with E-state index in [-0.39, 0.29) is 17.1 Å². The smallest absolute Gasteiger partial charge is 0.482 e. The Kier molecular flexibility index (Phi) is 8.61. The summed E-state index contributed by atoms with van der Waals surface area (Å²) in [5.74, 6) is 0.801. The van der Waals surface area contributed by atoms with E-state index in [9.17, 15) is 0 Å². The van der Waals surface area contributed by atoms with Crippen LogP contribution in [0.2, 0.25) is 5.02 Å². The van der Waals surface area contributed by atoms with E-state index in [0.717, 1.165) is 16.9 Å². The van der Waals surface area contributed by atoms with Crippen molar-refractivity contribution in [1.29, 1.82) is 0 Å². The minimum absolute atomic E-state index is 0. The van der Waals surface area contributed by atoms with Gasteiger partial charge in [-0.05, 0) is 69.2 Å². The van der Waals surface area contributed by atoms with Crippen LogP contribution in [0.15, 0.2) is 24.3 Å². The van der Waals surface area contributed by atoms with Crippen molar-refractivity contribution in [2.75, 3.05) is 0 Å². The Morgan fingerprint density at radius 3 is 1.63 bits per heavy atom. The summed E-state index contributed by atoms with van der Waals surface area (Å²) >= 11 is 5.74. The first-order valence-corrected chi connectivity index (χ1v) is 6.04. The molecule has 3 heteroatoms. The van der Waals surface area contributed by atoms with Crippen LogP contribution in [0.25, 0.3) is 0 Å². The maximum atomic E-state index is 5.74. The van der Waals surface area contributed by atoms with Crippen LogP contribution in [-0.4, -0.2) is 0 Å². The molecule has 0 saturated heterocycles. The molecule has 1 nitrogen and oxygen atoms in total. The number of halogens is 1. The third-order valence-electron chi connectivity index (χ3n) is 2.24. The first kappa shape index (κ1) is 16.9. The third-order valence-corrected chi connectivity index (χ3v) is 2.49. The zero-order valence-electron chi connectivity index (χ0n) is 10.1. The minimum Gasteiger partial charge on any atom is -0.482 e. The van der Waals surface area contributed by atoms with Gasteiger partial charge in [-0.1, -0.05) is 11.6 Å². The van der Waals surface area contributed by atoms with Gasteiger partial charge in [0.2, 0.25) is 0 Å². The largest absolute Gasteiger partial charge is 2.00 e. The van der Waals surface area contributed by atoms with Crippen LogP contribution in [0.3, 0.4) is 0 Å². The number of rotatable bonds is 2. The van der Waals surface area contributed by atoms with Gasteiger partial charge in [-0.25, -0.2) is 0 Å². The van der Waals surface area contributed by atoms with Crippen molar-refractivity contribution in [2.24, 2.45) is 0 Å². The van der Waals surface area contributed by atoms with Crippen molar-refractivity contribution in [1.82, 2.24) is 0 Å². The van der Waals surface area contributed by atoms with E-state index in [0.29, 0.717) is 0 Å². The minimum atomic E-state index is 0. The number of benzene rings is 1. The quantitative estimate of drug-likeness (QED) is 0.747. The number of hydrogen-bond acceptors (Lipinski definition) is 1. The van der Waals surface area contributed by atoms with Crippen LogP contribution in [0.5, 0.6) is 5.75 Å². The zero-order chi connectivity index (χ0) is 12.6. The van der Waals surface area contributed by atoms with Gasteiger partial charge < -0.3 is 4.74 Å². The molecule has 3 rings (SSSR count). The number of ether oxygens (including phenoxy) is 1. The fourth-order valence-corrected chi connectivity index (χ4v) is 1.51. The second-order valence-electron chi connectivity index (χ2n) is 3.64. The molecule has 10 radical (unpaired) electrons. The van der Waals surface area contributed by atoms with E-state index in [2.05, 4.69) is 0 Å². The second kappa shape index (κ2) is 9.69. The van der Waals surface area contributed by atoms with E-state index in [4.69, 9.17) is 16.3 Å². The summed E-state index contributed by atoms with van der Waals surface area (Å²) in [4.78, 5) is 0. The first-order chi connectivity index (χ1) is 8.84. The molecule has 2 fully saturated rings. The molecule has 0 amide bonds. The van der Waals surface area contributed by atoms with E-state index >= 15 is 0 Å². The van der Waals surface area contributed by atoms with Crippen molar-refractivity contribution in [3.8, 4) is 5.75 Å². The normalized spacial score (nSPS) is 18.4. The Bertz CT molecular complexity index is 321. The van der Waals surface area contributed by atoms with Crippen molar-refractivity contribution in [3.05, 3.63) is 93.2 Å². The molecule has 96 valence electrons. The molecular formula is C16H13ClFeO+2. The third kappa shape index (κ3) is 6.70. The zero-order valence-corrected chi connectivity index (χ0v) is 12.0. The van der Waals surface area contributed by atoms with E-state index < -0.39 is 0 Å². The molecule has 2 aliphatic rings. The van der Waals surface area contributed by atoms with Gasteiger partial charge in [-0.3, -0.25) is 0 Å². The molecule has 19 heavy (non-hydrogen) atoms. The number of hydrogen-bond donors (Lipinski definition) is 0. The Hall–Kier alpha value is -0.171. The summed E-state index contributed by atoms with van der Waals surface area (Å²) in [6.07, 6.45) is 18.5. The summed E-state index contributed by atoms with van der Waals surface area (Å²) in [5, 5.41) is 0.717. The van der Waals surface area contributed by atoms with Crippen LogP contribution in [0, 0.1) is 63.9 Å². The van der Waals surface area contributed by atoms with E-state index in [1.807, 2.05) is 69.9 Å². The average molecular weight is 313 g/mol. The first-order valence-electron chi connectivity index (χ1n) is 5.66. The van der Waals surface area contributed by atoms with Gasteiger partial charge in [0.05, 0.1) is 0 Å². The molecule has 0 N–H and O–H groups in total. The molecule has 0 aliphatic heterocycles. The van der Waals surface area contributed by atoms with Gasteiger partial charge >= 0.3 is 17.1 Å². The fraction of sp³-hybridized carbons (Fsp3) is 0. The van der Waals surface area contributed by atoms with Crippen LogP contribution >= 0.6 is 11.6 Å². The van der Waals surface area contributed by atoms with Gasteiger partial charge in [0.25, 0.3) is 0 Å². The van der Waals surface area contributed by atoms with Crippen molar-refractivity contribution in [3.63, 3.8) is 0 Å². The van der Waals surface area contributed by atoms with Gasteiger partial charge in [0, 0.05) is 17.9 Å². The molecule has 1 aromatic carbocycles. The summed E-state index contributed by atoms with van der Waals surface area (Å²) in [6, 6.07) is 7.30. The fourth-order valence-electron chi connectivity index (χ4n) is 1.38. The van der Waals surface area contributed by atoms with E-state index in [1.165, 1.54) is 0 Å². The monoisotopic (exact) mass is 312 g/mol. The second-order valence-corrected chi connectivity index (χ2v) is 4.08. The van der Waals surface area contributed by atoms with Crippen LogP contribution in [0.4, 0.5) is 0 Å². The molecule has 1 aromatic rings. The average Bonchev–Trinajstić information content (AvgIpc) is 3.07. The summed E-state index contributed by atoms with van der Waals surface area (Å²) in [5.41, 5.74) is 0. The summed E-state index contributed by atoms with van der Waals surface area (Å²) < 4.78 is 5.51. The predicted octanol–water partition coefficient (Wildman–Crippen LogP) is 4.10. The van der Waals surface area contributed by atoms with Gasteiger partial charge in [-0.15, -0.1) is 0 Å². The molecule has 0 spiro atoms. The maximum Gasteiger partial charge on any atom is 2.00 e. The van der Waals surface area contributed by atoms with Crippen molar-refractivity contribution >= 4 is 11.6 Å².